The fourth-order valence-corrected chi connectivity index (χ4v) is 5.16. The van der Waals surface area contributed by atoms with Crippen LogP contribution in [0.1, 0.15) is 64.3 Å². The van der Waals surface area contributed by atoms with Crippen LogP contribution in [0.4, 0.5) is 17.6 Å². The molecule has 0 spiro atoms. The van der Waals surface area contributed by atoms with E-state index in [1.54, 1.807) is 12.1 Å². The number of benzene rings is 1. The average Bonchev–Trinajstić information content (AvgIpc) is 3.45. The SMILES string of the molecule is CCN(c1ccc(O)cc1)c1nc2cnc(NC3CCC(N)CC3)nc2n1C1CCCC1. The van der Waals surface area contributed by atoms with E-state index in [0.717, 1.165) is 67.9 Å². The molecule has 4 N–H and O–H groups in total. The smallest absolute Gasteiger partial charge is 0.224 e. The number of aromatic nitrogens is 4. The summed E-state index contributed by atoms with van der Waals surface area (Å²) in [4.78, 5) is 16.7. The first-order valence-electron chi connectivity index (χ1n) is 12.0. The van der Waals surface area contributed by atoms with Crippen molar-refractivity contribution in [2.45, 2.75) is 76.4 Å². The van der Waals surface area contributed by atoms with Crippen LogP contribution in [0.25, 0.3) is 11.2 Å². The van der Waals surface area contributed by atoms with Crippen LogP contribution in [-0.2, 0) is 0 Å². The Hall–Kier alpha value is -2.87. The van der Waals surface area contributed by atoms with Crippen LogP contribution in [0.5, 0.6) is 5.75 Å². The lowest BCUT2D eigenvalue weighted by atomic mass is 9.92. The van der Waals surface area contributed by atoms with Crippen molar-refractivity contribution in [2.75, 3.05) is 16.8 Å². The molecule has 0 saturated heterocycles. The summed E-state index contributed by atoms with van der Waals surface area (Å²) in [6.07, 6.45) is 10.8. The third kappa shape index (κ3) is 4.11. The maximum atomic E-state index is 9.73. The summed E-state index contributed by atoms with van der Waals surface area (Å²) in [6, 6.07) is 8.39. The average molecular weight is 436 g/mol. The van der Waals surface area contributed by atoms with E-state index in [-0.39, 0.29) is 5.75 Å². The van der Waals surface area contributed by atoms with Crippen LogP contribution >= 0.6 is 0 Å². The van der Waals surface area contributed by atoms with Gasteiger partial charge in [-0.2, -0.15) is 4.98 Å². The van der Waals surface area contributed by atoms with Gasteiger partial charge < -0.3 is 21.1 Å². The highest BCUT2D eigenvalue weighted by atomic mass is 16.3. The van der Waals surface area contributed by atoms with E-state index < -0.39 is 0 Å². The fourth-order valence-electron chi connectivity index (χ4n) is 5.16. The Morgan fingerprint density at radius 1 is 1.06 bits per heavy atom. The predicted octanol–water partition coefficient (Wildman–Crippen LogP) is 4.49. The number of nitrogens with two attached hydrogens (primary N) is 1. The Morgan fingerprint density at radius 2 is 1.78 bits per heavy atom. The van der Waals surface area contributed by atoms with Gasteiger partial charge >= 0.3 is 0 Å². The van der Waals surface area contributed by atoms with Gasteiger partial charge in [0.05, 0.1) is 6.20 Å². The third-order valence-electron chi connectivity index (χ3n) is 6.93. The fraction of sp³-hybridized carbons (Fsp3) is 0.542. The van der Waals surface area contributed by atoms with Crippen molar-refractivity contribution < 1.29 is 5.11 Å². The number of anilines is 3. The van der Waals surface area contributed by atoms with Gasteiger partial charge in [-0.1, -0.05) is 12.8 Å². The van der Waals surface area contributed by atoms with Gasteiger partial charge in [-0.15, -0.1) is 0 Å². The lowest BCUT2D eigenvalue weighted by Crippen LogP contribution is -2.33. The quantitative estimate of drug-likeness (QED) is 0.524. The van der Waals surface area contributed by atoms with Crippen molar-refractivity contribution in [3.63, 3.8) is 0 Å². The largest absolute Gasteiger partial charge is 0.508 e. The standard InChI is InChI=1S/C24H33N7O/c1-2-30(18-11-13-20(32)14-12-18)24-28-21-15-26-23(27-17-9-7-16(25)8-10-17)29-22(21)31(24)19-5-3-4-6-19/h11-17,19,32H,2-10,25H2,1H3,(H,26,27,29). The summed E-state index contributed by atoms with van der Waals surface area (Å²) < 4.78 is 2.32. The Balaban J connectivity index is 1.53. The first kappa shape index (κ1) is 21.0. The Morgan fingerprint density at radius 3 is 2.47 bits per heavy atom. The summed E-state index contributed by atoms with van der Waals surface area (Å²) in [5.74, 6) is 1.84. The van der Waals surface area contributed by atoms with E-state index in [2.05, 4.69) is 26.7 Å². The number of nitrogens with zero attached hydrogens (tertiary/aromatic N) is 5. The van der Waals surface area contributed by atoms with Crippen LogP contribution in [0.2, 0.25) is 0 Å². The van der Waals surface area contributed by atoms with Gasteiger partial charge in [-0.3, -0.25) is 4.57 Å². The van der Waals surface area contributed by atoms with Crippen molar-refractivity contribution in [1.29, 1.82) is 0 Å². The van der Waals surface area contributed by atoms with Gasteiger partial charge in [-0.25, -0.2) is 9.97 Å². The molecule has 1 aromatic carbocycles. The predicted molar refractivity (Wildman–Crippen MR) is 127 cm³/mol. The lowest BCUT2D eigenvalue weighted by Gasteiger charge is -2.27. The van der Waals surface area contributed by atoms with Crippen molar-refractivity contribution in [3.8, 4) is 5.75 Å². The molecule has 32 heavy (non-hydrogen) atoms. The topological polar surface area (TPSA) is 105 Å². The Bertz CT molecular complexity index is 1050. The molecule has 2 heterocycles. The zero-order valence-electron chi connectivity index (χ0n) is 18.7. The molecular formula is C24H33N7O. The molecule has 8 nitrogen and oxygen atoms in total. The van der Waals surface area contributed by atoms with Crippen LogP contribution in [0, 0.1) is 0 Å². The highest BCUT2D eigenvalue weighted by molar-refractivity contribution is 5.77. The second-order valence-electron chi connectivity index (χ2n) is 9.14. The molecule has 2 fully saturated rings. The van der Waals surface area contributed by atoms with Crippen molar-refractivity contribution in [3.05, 3.63) is 30.5 Å². The molecule has 170 valence electrons. The summed E-state index contributed by atoms with van der Waals surface area (Å²) in [5, 5.41) is 13.3. The number of hydrogen-bond acceptors (Lipinski definition) is 7. The van der Waals surface area contributed by atoms with Gasteiger partial charge in [0.15, 0.2) is 5.65 Å². The third-order valence-corrected chi connectivity index (χ3v) is 6.93. The molecular weight excluding hydrogens is 402 g/mol. The van der Waals surface area contributed by atoms with E-state index >= 15 is 0 Å². The molecule has 0 atom stereocenters. The zero-order valence-corrected chi connectivity index (χ0v) is 18.7. The zero-order chi connectivity index (χ0) is 22.1. The molecule has 0 unspecified atom stereocenters. The molecule has 8 heteroatoms. The molecule has 2 aliphatic carbocycles. The maximum Gasteiger partial charge on any atom is 0.224 e. The number of hydrogen-bond donors (Lipinski definition) is 3. The molecule has 2 saturated carbocycles. The van der Waals surface area contributed by atoms with Gasteiger partial charge in [-0.05, 0) is 69.7 Å². The minimum absolute atomic E-state index is 0.263. The highest BCUT2D eigenvalue weighted by Crippen LogP contribution is 2.38. The molecule has 0 bridgehead atoms. The number of fused-ring (bicyclic) bond motifs is 1. The molecule has 0 amide bonds. The van der Waals surface area contributed by atoms with Crippen LogP contribution in [-0.4, -0.2) is 43.3 Å². The van der Waals surface area contributed by atoms with Crippen LogP contribution < -0.4 is 16.0 Å². The number of aromatic hydroxyl groups is 1. The molecule has 5 rings (SSSR count). The minimum atomic E-state index is 0.263. The molecule has 0 aliphatic heterocycles. The minimum Gasteiger partial charge on any atom is -0.508 e. The number of nitrogens with one attached hydrogen (secondary N) is 1. The van der Waals surface area contributed by atoms with Crippen LogP contribution in [0.15, 0.2) is 30.5 Å². The monoisotopic (exact) mass is 435 g/mol. The van der Waals surface area contributed by atoms with E-state index in [4.69, 9.17) is 15.7 Å². The van der Waals surface area contributed by atoms with Gasteiger partial charge in [0.2, 0.25) is 11.9 Å². The van der Waals surface area contributed by atoms with Crippen molar-refractivity contribution in [2.24, 2.45) is 5.73 Å². The first-order valence-corrected chi connectivity index (χ1v) is 12.0. The Labute approximate surface area is 188 Å². The number of phenols is 1. The van der Waals surface area contributed by atoms with Crippen molar-refractivity contribution in [1.82, 2.24) is 19.5 Å². The normalized spacial score (nSPS) is 21.8. The summed E-state index contributed by atoms with van der Waals surface area (Å²) >= 11 is 0. The molecule has 2 aromatic heterocycles. The molecule has 2 aliphatic rings. The maximum absolute atomic E-state index is 9.73. The highest BCUT2D eigenvalue weighted by Gasteiger charge is 2.27. The summed E-state index contributed by atoms with van der Waals surface area (Å²) in [5.41, 5.74) is 8.79. The number of rotatable bonds is 6. The Kier molecular flexibility index (Phi) is 5.87. The van der Waals surface area contributed by atoms with Crippen molar-refractivity contribution >= 4 is 28.7 Å². The summed E-state index contributed by atoms with van der Waals surface area (Å²) in [6.45, 7) is 2.89. The van der Waals surface area contributed by atoms with E-state index in [1.165, 1.54) is 12.8 Å². The summed E-state index contributed by atoms with van der Waals surface area (Å²) in [7, 11) is 0. The van der Waals surface area contributed by atoms with Gasteiger partial charge in [0.25, 0.3) is 0 Å². The molecule has 3 aromatic rings. The van der Waals surface area contributed by atoms with E-state index in [1.807, 2.05) is 18.3 Å². The van der Waals surface area contributed by atoms with Gasteiger partial charge in [0.1, 0.15) is 11.3 Å². The second-order valence-corrected chi connectivity index (χ2v) is 9.14. The first-order chi connectivity index (χ1) is 15.6. The van der Waals surface area contributed by atoms with Crippen LogP contribution in [0.3, 0.4) is 0 Å². The number of imidazole rings is 1. The van der Waals surface area contributed by atoms with E-state index in [9.17, 15) is 5.11 Å². The van der Waals surface area contributed by atoms with Gasteiger partial charge in [0, 0.05) is 30.4 Å². The lowest BCUT2D eigenvalue weighted by molar-refractivity contribution is 0.410. The number of phenolic OH excluding ortho intramolecular Hbond substituents is 1. The molecule has 0 radical (unpaired) electrons. The van der Waals surface area contributed by atoms with E-state index in [0.29, 0.717) is 24.1 Å². The second kappa shape index (κ2) is 8.94.